The summed E-state index contributed by atoms with van der Waals surface area (Å²) in [5, 5.41) is 0. The molecule has 1 aliphatic rings. The van der Waals surface area contributed by atoms with Crippen molar-refractivity contribution in [2.45, 2.75) is 44.0 Å². The summed E-state index contributed by atoms with van der Waals surface area (Å²) in [5.41, 5.74) is 2.25. The Balaban J connectivity index is 1.78. The maximum atomic E-state index is 12.9. The van der Waals surface area contributed by atoms with Gasteiger partial charge in [0.25, 0.3) is 5.91 Å². The van der Waals surface area contributed by atoms with Gasteiger partial charge in [0, 0.05) is 18.2 Å². The maximum Gasteiger partial charge on any atom is 0.264 e. The second-order valence-corrected chi connectivity index (χ2v) is 10.5. The summed E-state index contributed by atoms with van der Waals surface area (Å²) in [6, 6.07) is 8.70. The second-order valence-electron chi connectivity index (χ2n) is 7.34. The van der Waals surface area contributed by atoms with Crippen LogP contribution in [0.4, 0.5) is 0 Å². The molecular formula is C20H25NO3S2. The Morgan fingerprint density at radius 2 is 1.92 bits per heavy atom. The van der Waals surface area contributed by atoms with Crippen molar-refractivity contribution < 1.29 is 13.2 Å². The highest BCUT2D eigenvalue weighted by molar-refractivity contribution is 7.90. The topological polar surface area (TPSA) is 54.5 Å². The Morgan fingerprint density at radius 3 is 2.54 bits per heavy atom. The van der Waals surface area contributed by atoms with E-state index < -0.39 is 9.84 Å². The van der Waals surface area contributed by atoms with Gasteiger partial charge in [0.2, 0.25) is 0 Å². The lowest BCUT2D eigenvalue weighted by molar-refractivity contribution is 0.0747. The van der Waals surface area contributed by atoms with Crippen molar-refractivity contribution >= 4 is 27.1 Å². The largest absolute Gasteiger partial charge is 0.334 e. The average Bonchev–Trinajstić information content (AvgIpc) is 3.02. The Kier molecular flexibility index (Phi) is 5.26. The van der Waals surface area contributed by atoms with E-state index in [4.69, 9.17) is 0 Å². The maximum absolute atomic E-state index is 12.9. The van der Waals surface area contributed by atoms with Crippen LogP contribution in [0.5, 0.6) is 0 Å². The summed E-state index contributed by atoms with van der Waals surface area (Å²) in [4.78, 5) is 17.1. The first-order chi connectivity index (χ1) is 12.2. The summed E-state index contributed by atoms with van der Waals surface area (Å²) in [5.74, 6) is 0.710. The van der Waals surface area contributed by atoms with E-state index in [-0.39, 0.29) is 11.9 Å². The highest BCUT2D eigenvalue weighted by Gasteiger charge is 2.24. The molecule has 0 fully saturated rings. The van der Waals surface area contributed by atoms with Gasteiger partial charge in [0.1, 0.15) is 0 Å². The fourth-order valence-electron chi connectivity index (χ4n) is 3.38. The van der Waals surface area contributed by atoms with Gasteiger partial charge in [0.15, 0.2) is 9.84 Å². The van der Waals surface area contributed by atoms with Crippen molar-refractivity contribution in [3.8, 4) is 0 Å². The first-order valence-corrected chi connectivity index (χ1v) is 11.6. The van der Waals surface area contributed by atoms with Crippen molar-refractivity contribution in [1.29, 1.82) is 0 Å². The van der Waals surface area contributed by atoms with Crippen molar-refractivity contribution in [3.05, 3.63) is 51.2 Å². The van der Waals surface area contributed by atoms with E-state index in [0.717, 1.165) is 23.3 Å². The molecule has 0 radical (unpaired) electrons. The zero-order valence-electron chi connectivity index (χ0n) is 15.7. The van der Waals surface area contributed by atoms with Crippen LogP contribution in [0.15, 0.2) is 35.2 Å². The quantitative estimate of drug-likeness (QED) is 0.788. The first kappa shape index (κ1) is 19.1. The molecule has 140 valence electrons. The van der Waals surface area contributed by atoms with Crippen molar-refractivity contribution in [3.63, 3.8) is 0 Å². The molecule has 1 amide bonds. The Bertz CT molecular complexity index is 913. The van der Waals surface area contributed by atoms with E-state index in [2.05, 4.69) is 13.0 Å². The van der Waals surface area contributed by atoms with Gasteiger partial charge < -0.3 is 4.90 Å². The highest BCUT2D eigenvalue weighted by Crippen LogP contribution is 2.33. The Morgan fingerprint density at radius 1 is 1.27 bits per heavy atom. The molecule has 0 spiro atoms. The summed E-state index contributed by atoms with van der Waals surface area (Å²) in [7, 11) is -1.41. The number of aryl methyl sites for hydroxylation is 1. The number of hydrogen-bond donors (Lipinski definition) is 0. The minimum Gasteiger partial charge on any atom is -0.334 e. The Labute approximate surface area is 159 Å². The van der Waals surface area contributed by atoms with E-state index in [1.165, 1.54) is 23.1 Å². The number of fused-ring (bicyclic) bond motifs is 1. The molecule has 4 nitrogen and oxygen atoms in total. The zero-order chi connectivity index (χ0) is 19.1. The minimum atomic E-state index is -3.21. The van der Waals surface area contributed by atoms with Crippen LogP contribution in [0.25, 0.3) is 0 Å². The molecule has 1 heterocycles. The van der Waals surface area contributed by atoms with E-state index >= 15 is 0 Å². The number of amides is 1. The van der Waals surface area contributed by atoms with Crippen LogP contribution in [0.3, 0.4) is 0 Å². The third-order valence-electron chi connectivity index (χ3n) is 5.23. The number of benzene rings is 1. The van der Waals surface area contributed by atoms with Crippen LogP contribution < -0.4 is 0 Å². The highest BCUT2D eigenvalue weighted by atomic mass is 32.2. The van der Waals surface area contributed by atoms with Gasteiger partial charge in [0.05, 0.1) is 15.8 Å². The number of carbonyl (C=O) groups is 1. The van der Waals surface area contributed by atoms with E-state index in [0.29, 0.717) is 10.8 Å². The van der Waals surface area contributed by atoms with Crippen LogP contribution in [0.2, 0.25) is 0 Å². The van der Waals surface area contributed by atoms with Crippen molar-refractivity contribution in [1.82, 2.24) is 4.90 Å². The van der Waals surface area contributed by atoms with Gasteiger partial charge >= 0.3 is 0 Å². The van der Waals surface area contributed by atoms with Gasteiger partial charge in [-0.2, -0.15) is 0 Å². The van der Waals surface area contributed by atoms with Crippen molar-refractivity contribution in [2.24, 2.45) is 5.92 Å². The summed E-state index contributed by atoms with van der Waals surface area (Å²) >= 11 is 1.62. The number of hydrogen-bond acceptors (Lipinski definition) is 4. The second kappa shape index (κ2) is 7.16. The lowest BCUT2D eigenvalue weighted by Crippen LogP contribution is -2.29. The van der Waals surface area contributed by atoms with Crippen LogP contribution in [-0.4, -0.2) is 32.5 Å². The van der Waals surface area contributed by atoms with E-state index in [1.54, 1.807) is 47.5 Å². The van der Waals surface area contributed by atoms with Crippen molar-refractivity contribution in [2.75, 3.05) is 13.3 Å². The van der Waals surface area contributed by atoms with Gasteiger partial charge in [-0.1, -0.05) is 19.1 Å². The lowest BCUT2D eigenvalue weighted by Gasteiger charge is -2.25. The number of sulfone groups is 1. The summed E-state index contributed by atoms with van der Waals surface area (Å²) < 4.78 is 23.2. The first-order valence-electron chi connectivity index (χ1n) is 8.85. The molecule has 0 saturated heterocycles. The molecule has 26 heavy (non-hydrogen) atoms. The predicted octanol–water partition coefficient (Wildman–Crippen LogP) is 4.11. The summed E-state index contributed by atoms with van der Waals surface area (Å²) in [6.45, 7) is 4.22. The molecule has 3 rings (SSSR count). The predicted molar refractivity (Wildman–Crippen MR) is 106 cm³/mol. The number of thiophene rings is 1. The molecule has 0 aliphatic heterocycles. The normalized spacial score (nSPS) is 18.2. The molecule has 0 bridgehead atoms. The molecule has 1 aromatic heterocycles. The number of rotatable bonds is 4. The smallest absolute Gasteiger partial charge is 0.264 e. The number of carbonyl (C=O) groups excluding carboxylic acids is 1. The zero-order valence-corrected chi connectivity index (χ0v) is 17.3. The van der Waals surface area contributed by atoms with E-state index in [1.807, 2.05) is 6.92 Å². The van der Waals surface area contributed by atoms with Gasteiger partial charge in [-0.3, -0.25) is 4.79 Å². The molecular weight excluding hydrogens is 366 g/mol. The molecule has 6 heteroatoms. The van der Waals surface area contributed by atoms with Crippen LogP contribution in [0, 0.1) is 5.92 Å². The molecule has 2 atom stereocenters. The van der Waals surface area contributed by atoms with Gasteiger partial charge in [-0.05, 0) is 61.4 Å². The summed E-state index contributed by atoms with van der Waals surface area (Å²) in [6.07, 6.45) is 4.52. The van der Waals surface area contributed by atoms with E-state index in [9.17, 15) is 13.2 Å². The molecule has 2 unspecified atom stereocenters. The van der Waals surface area contributed by atoms with Crippen LogP contribution >= 0.6 is 11.3 Å². The third kappa shape index (κ3) is 3.86. The molecule has 0 saturated carbocycles. The monoisotopic (exact) mass is 391 g/mol. The average molecular weight is 392 g/mol. The van der Waals surface area contributed by atoms with Gasteiger partial charge in [-0.15, -0.1) is 11.3 Å². The standard InChI is InChI=1S/C20H25NO3S2/c1-13-5-10-18-16(11-13)12-19(25-18)20(22)21(3)14(2)15-6-8-17(9-7-15)26(4,23)24/h6-9,12-14H,5,10-11H2,1-4H3. The molecule has 0 N–H and O–H groups in total. The van der Waals surface area contributed by atoms with Gasteiger partial charge in [-0.25, -0.2) is 8.42 Å². The minimum absolute atomic E-state index is 0.0248. The fraction of sp³-hybridized carbons (Fsp3) is 0.450. The molecule has 2 aromatic rings. The SMILES string of the molecule is CC1CCc2sc(C(=O)N(C)C(C)c3ccc(S(C)(=O)=O)cc3)cc2C1. The third-order valence-corrected chi connectivity index (χ3v) is 7.59. The van der Waals surface area contributed by atoms with Crippen LogP contribution in [-0.2, 0) is 22.7 Å². The van der Waals surface area contributed by atoms with Crippen LogP contribution in [0.1, 0.15) is 52.0 Å². The molecule has 1 aromatic carbocycles. The fourth-order valence-corrected chi connectivity index (χ4v) is 5.20. The number of nitrogens with zero attached hydrogens (tertiary/aromatic N) is 1. The lowest BCUT2D eigenvalue weighted by atomic mass is 9.90. The Hall–Kier alpha value is -1.66. The molecule has 1 aliphatic carbocycles.